The van der Waals surface area contributed by atoms with E-state index in [0.717, 1.165) is 24.1 Å². The van der Waals surface area contributed by atoms with Crippen molar-refractivity contribution < 1.29 is 4.79 Å². The molecule has 0 aliphatic carbocycles. The number of amides is 1. The standard InChI is InChI=1S/C18H20Cl2N2O2/c1-4-5-9-22-12(3)11(2)10-15(18(22)24)21-17(23)13-7-6-8-14(19)16(13)20/h6-8,10H,4-5,9H2,1-3H3,(H,21,23). The summed E-state index contributed by atoms with van der Waals surface area (Å²) in [4.78, 5) is 25.1. The number of nitrogens with zero attached hydrogens (tertiary/aromatic N) is 1. The van der Waals surface area contributed by atoms with E-state index in [9.17, 15) is 9.59 Å². The number of aromatic nitrogens is 1. The summed E-state index contributed by atoms with van der Waals surface area (Å²) in [5.74, 6) is -0.454. The van der Waals surface area contributed by atoms with Crippen LogP contribution < -0.4 is 10.9 Å². The molecular formula is C18H20Cl2N2O2. The van der Waals surface area contributed by atoms with Gasteiger partial charge in [0, 0.05) is 12.2 Å². The number of halogens is 2. The van der Waals surface area contributed by atoms with Gasteiger partial charge < -0.3 is 9.88 Å². The van der Waals surface area contributed by atoms with Gasteiger partial charge in [-0.3, -0.25) is 9.59 Å². The molecule has 0 saturated carbocycles. The van der Waals surface area contributed by atoms with Crippen LogP contribution in [0, 0.1) is 13.8 Å². The molecule has 1 aromatic carbocycles. The summed E-state index contributed by atoms with van der Waals surface area (Å²) in [5, 5.41) is 3.13. The average molecular weight is 367 g/mol. The van der Waals surface area contributed by atoms with Gasteiger partial charge in [-0.15, -0.1) is 0 Å². The summed E-state index contributed by atoms with van der Waals surface area (Å²) in [6.07, 6.45) is 1.89. The topological polar surface area (TPSA) is 51.1 Å². The molecule has 1 amide bonds. The Bertz CT molecular complexity index is 828. The number of benzene rings is 1. The lowest BCUT2D eigenvalue weighted by molar-refractivity contribution is 0.102. The van der Waals surface area contributed by atoms with E-state index >= 15 is 0 Å². The second kappa shape index (κ2) is 7.86. The van der Waals surface area contributed by atoms with E-state index in [2.05, 4.69) is 12.2 Å². The molecule has 0 saturated heterocycles. The van der Waals surface area contributed by atoms with Crippen molar-refractivity contribution in [3.63, 3.8) is 0 Å². The molecule has 0 aliphatic rings. The van der Waals surface area contributed by atoms with Crippen LogP contribution in [-0.4, -0.2) is 10.5 Å². The van der Waals surface area contributed by atoms with E-state index in [1.165, 1.54) is 0 Å². The Hall–Kier alpha value is -1.78. The molecule has 1 aromatic heterocycles. The molecule has 0 fully saturated rings. The first-order chi connectivity index (χ1) is 11.4. The van der Waals surface area contributed by atoms with Crippen molar-refractivity contribution in [2.75, 3.05) is 5.32 Å². The number of aryl methyl sites for hydroxylation is 1. The molecule has 128 valence electrons. The van der Waals surface area contributed by atoms with Gasteiger partial charge >= 0.3 is 0 Å². The molecule has 4 nitrogen and oxygen atoms in total. The van der Waals surface area contributed by atoms with Crippen molar-refractivity contribution in [2.45, 2.75) is 40.2 Å². The summed E-state index contributed by atoms with van der Waals surface area (Å²) >= 11 is 12.0. The lowest BCUT2D eigenvalue weighted by Crippen LogP contribution is -2.28. The van der Waals surface area contributed by atoms with Crippen LogP contribution in [0.1, 0.15) is 41.4 Å². The molecule has 0 spiro atoms. The third kappa shape index (κ3) is 3.82. The quantitative estimate of drug-likeness (QED) is 0.823. The van der Waals surface area contributed by atoms with Crippen molar-refractivity contribution >= 4 is 34.8 Å². The zero-order valence-electron chi connectivity index (χ0n) is 14.0. The minimum atomic E-state index is -0.454. The second-order valence-electron chi connectivity index (χ2n) is 5.69. The molecule has 0 bridgehead atoms. The largest absolute Gasteiger partial charge is 0.317 e. The first kappa shape index (κ1) is 18.6. The van der Waals surface area contributed by atoms with Gasteiger partial charge in [-0.2, -0.15) is 0 Å². The minimum absolute atomic E-state index is 0.173. The fourth-order valence-corrected chi connectivity index (χ4v) is 2.82. The maximum absolute atomic E-state index is 12.7. The minimum Gasteiger partial charge on any atom is -0.317 e. The monoisotopic (exact) mass is 366 g/mol. The second-order valence-corrected chi connectivity index (χ2v) is 6.48. The van der Waals surface area contributed by atoms with Crippen molar-refractivity contribution in [1.82, 2.24) is 4.57 Å². The summed E-state index contributed by atoms with van der Waals surface area (Å²) in [6.45, 7) is 6.52. The van der Waals surface area contributed by atoms with E-state index in [4.69, 9.17) is 23.2 Å². The van der Waals surface area contributed by atoms with Gasteiger partial charge in [0.05, 0.1) is 15.6 Å². The summed E-state index contributed by atoms with van der Waals surface area (Å²) in [7, 11) is 0. The lowest BCUT2D eigenvalue weighted by Gasteiger charge is -2.15. The predicted molar refractivity (Wildman–Crippen MR) is 99.5 cm³/mol. The Kier molecular flexibility index (Phi) is 6.08. The number of pyridine rings is 1. The third-order valence-electron chi connectivity index (χ3n) is 3.99. The summed E-state index contributed by atoms with van der Waals surface area (Å²) in [6, 6.07) is 6.51. The Morgan fingerprint density at radius 3 is 2.62 bits per heavy atom. The van der Waals surface area contributed by atoms with Crippen molar-refractivity contribution in [3.8, 4) is 0 Å². The average Bonchev–Trinajstić information content (AvgIpc) is 2.55. The van der Waals surface area contributed by atoms with Crippen LogP contribution in [-0.2, 0) is 6.54 Å². The molecule has 2 rings (SSSR count). The number of rotatable bonds is 5. The zero-order valence-corrected chi connectivity index (χ0v) is 15.5. The molecule has 1 heterocycles. The van der Waals surface area contributed by atoms with Crippen LogP contribution in [0.25, 0.3) is 0 Å². The van der Waals surface area contributed by atoms with Gasteiger partial charge in [0.25, 0.3) is 11.5 Å². The summed E-state index contributed by atoms with van der Waals surface area (Å²) < 4.78 is 1.70. The Morgan fingerprint density at radius 1 is 1.25 bits per heavy atom. The Morgan fingerprint density at radius 2 is 1.96 bits per heavy atom. The van der Waals surface area contributed by atoms with Gasteiger partial charge in [-0.05, 0) is 44.0 Å². The number of hydrogen-bond donors (Lipinski definition) is 1. The lowest BCUT2D eigenvalue weighted by atomic mass is 10.1. The number of hydrogen-bond acceptors (Lipinski definition) is 2. The first-order valence-electron chi connectivity index (χ1n) is 7.83. The molecule has 0 atom stereocenters. The predicted octanol–water partition coefficient (Wildman–Crippen LogP) is 4.82. The van der Waals surface area contributed by atoms with Crippen molar-refractivity contribution in [3.05, 3.63) is 61.5 Å². The van der Waals surface area contributed by atoms with Gasteiger partial charge in [-0.1, -0.05) is 42.6 Å². The molecule has 0 aliphatic heterocycles. The van der Waals surface area contributed by atoms with Crippen LogP contribution in [0.2, 0.25) is 10.0 Å². The van der Waals surface area contributed by atoms with Gasteiger partial charge in [-0.25, -0.2) is 0 Å². The van der Waals surface area contributed by atoms with Crippen LogP contribution in [0.4, 0.5) is 5.69 Å². The van der Waals surface area contributed by atoms with E-state index in [1.54, 1.807) is 28.8 Å². The Balaban J connectivity index is 2.39. The van der Waals surface area contributed by atoms with Gasteiger partial charge in [0.15, 0.2) is 0 Å². The Labute approximate surface area is 151 Å². The number of unbranched alkanes of at least 4 members (excludes halogenated alkanes) is 1. The van der Waals surface area contributed by atoms with Crippen molar-refractivity contribution in [1.29, 1.82) is 0 Å². The molecule has 24 heavy (non-hydrogen) atoms. The highest BCUT2D eigenvalue weighted by atomic mass is 35.5. The molecule has 2 aromatic rings. The highest BCUT2D eigenvalue weighted by Gasteiger charge is 2.16. The smallest absolute Gasteiger partial charge is 0.274 e. The maximum atomic E-state index is 12.7. The molecule has 0 radical (unpaired) electrons. The summed E-state index contributed by atoms with van der Waals surface area (Å²) in [5.41, 5.74) is 2.13. The van der Waals surface area contributed by atoms with Crippen LogP contribution >= 0.6 is 23.2 Å². The van der Waals surface area contributed by atoms with E-state index in [0.29, 0.717) is 11.6 Å². The van der Waals surface area contributed by atoms with E-state index in [1.807, 2.05) is 13.8 Å². The molecular weight excluding hydrogens is 347 g/mol. The van der Waals surface area contributed by atoms with E-state index < -0.39 is 5.91 Å². The number of anilines is 1. The highest BCUT2D eigenvalue weighted by molar-refractivity contribution is 6.44. The van der Waals surface area contributed by atoms with Crippen molar-refractivity contribution in [2.24, 2.45) is 0 Å². The first-order valence-corrected chi connectivity index (χ1v) is 8.58. The molecule has 0 unspecified atom stereocenters. The maximum Gasteiger partial charge on any atom is 0.274 e. The number of nitrogens with one attached hydrogen (secondary N) is 1. The highest BCUT2D eigenvalue weighted by Crippen LogP contribution is 2.26. The SMILES string of the molecule is CCCCn1c(C)c(C)cc(NC(=O)c2cccc(Cl)c2Cl)c1=O. The van der Waals surface area contributed by atoms with Crippen LogP contribution in [0.15, 0.2) is 29.1 Å². The fourth-order valence-electron chi connectivity index (χ4n) is 2.44. The van der Waals surface area contributed by atoms with Gasteiger partial charge in [0.2, 0.25) is 0 Å². The van der Waals surface area contributed by atoms with Crippen LogP contribution in [0.3, 0.4) is 0 Å². The fraction of sp³-hybridized carbons (Fsp3) is 0.333. The zero-order chi connectivity index (χ0) is 17.9. The van der Waals surface area contributed by atoms with E-state index in [-0.39, 0.29) is 21.8 Å². The third-order valence-corrected chi connectivity index (χ3v) is 4.81. The normalized spacial score (nSPS) is 10.7. The van der Waals surface area contributed by atoms with Gasteiger partial charge in [0.1, 0.15) is 5.69 Å². The molecule has 1 N–H and O–H groups in total. The number of carbonyl (C=O) groups excluding carboxylic acids is 1. The molecule has 6 heteroatoms. The van der Waals surface area contributed by atoms with Crippen LogP contribution in [0.5, 0.6) is 0 Å². The number of carbonyl (C=O) groups is 1.